The summed E-state index contributed by atoms with van der Waals surface area (Å²) in [6.45, 7) is 1.85. The predicted octanol–water partition coefficient (Wildman–Crippen LogP) is 2.45. The molecule has 0 aliphatic carbocycles. The number of hydrogen-bond acceptors (Lipinski definition) is 4. The molecule has 0 aliphatic heterocycles. The molecular weight excluding hydrogens is 282 g/mol. The minimum Gasteiger partial charge on any atom is -0.336 e. The van der Waals surface area contributed by atoms with Gasteiger partial charge in [-0.1, -0.05) is 6.07 Å². The molecule has 1 N–H and O–H groups in total. The first-order chi connectivity index (χ1) is 10.3. The average molecular weight is 301 g/mol. The van der Waals surface area contributed by atoms with Gasteiger partial charge in [-0.2, -0.15) is 5.10 Å². The third kappa shape index (κ3) is 3.40. The highest BCUT2D eigenvalue weighted by atomic mass is 32.1. The molecule has 0 aromatic carbocycles. The van der Waals surface area contributed by atoms with Crippen molar-refractivity contribution in [2.75, 3.05) is 6.54 Å². The maximum atomic E-state index is 4.49. The van der Waals surface area contributed by atoms with Gasteiger partial charge in [0.1, 0.15) is 11.9 Å². The molecule has 1 atom stereocenters. The number of thiophene rings is 1. The molecule has 110 valence electrons. The normalized spacial score (nSPS) is 12.6. The third-order valence-corrected chi connectivity index (χ3v) is 4.35. The first-order valence-electron chi connectivity index (χ1n) is 7.06. The second-order valence-corrected chi connectivity index (χ2v) is 5.90. The molecular formula is C15H19N5S. The van der Waals surface area contributed by atoms with Crippen molar-refractivity contribution in [2.45, 2.75) is 19.0 Å². The summed E-state index contributed by atoms with van der Waals surface area (Å²) in [5.74, 6) is 1.05. The summed E-state index contributed by atoms with van der Waals surface area (Å²) in [5.41, 5.74) is 0. The fourth-order valence-corrected chi connectivity index (χ4v) is 3.15. The number of rotatable bonds is 7. The van der Waals surface area contributed by atoms with Crippen molar-refractivity contribution in [3.63, 3.8) is 0 Å². The van der Waals surface area contributed by atoms with Crippen LogP contribution in [0.15, 0.2) is 48.4 Å². The Morgan fingerprint density at radius 2 is 2.24 bits per heavy atom. The number of hydrogen-bond donors (Lipinski definition) is 1. The first-order valence-corrected chi connectivity index (χ1v) is 7.94. The van der Waals surface area contributed by atoms with Gasteiger partial charge < -0.3 is 9.88 Å². The van der Waals surface area contributed by atoms with Gasteiger partial charge in [-0.15, -0.1) is 11.3 Å². The van der Waals surface area contributed by atoms with E-state index in [1.54, 1.807) is 11.3 Å². The van der Waals surface area contributed by atoms with Crippen LogP contribution in [0.3, 0.4) is 0 Å². The van der Waals surface area contributed by atoms with Gasteiger partial charge in [0.25, 0.3) is 0 Å². The molecule has 3 aromatic rings. The Morgan fingerprint density at radius 3 is 2.90 bits per heavy atom. The summed E-state index contributed by atoms with van der Waals surface area (Å²) in [6, 6.07) is 6.35. The highest BCUT2D eigenvalue weighted by Crippen LogP contribution is 2.24. The molecule has 0 fully saturated rings. The van der Waals surface area contributed by atoms with E-state index in [0.29, 0.717) is 0 Å². The van der Waals surface area contributed by atoms with E-state index in [9.17, 15) is 0 Å². The Hall–Kier alpha value is -1.92. The van der Waals surface area contributed by atoms with Gasteiger partial charge in [0.2, 0.25) is 0 Å². The van der Waals surface area contributed by atoms with Crippen molar-refractivity contribution in [1.82, 2.24) is 24.6 Å². The Kier molecular flexibility index (Phi) is 4.47. The largest absolute Gasteiger partial charge is 0.336 e. The standard InChI is InChI=1S/C15H19N5S/c1-19-11-8-17-15(19)14(13-5-2-12-21-13)16-6-3-9-20-10-4-7-18-20/h2,4-5,7-8,10-12,14,16H,3,6,9H2,1H3. The molecule has 6 heteroatoms. The number of aryl methyl sites for hydroxylation is 2. The zero-order chi connectivity index (χ0) is 14.5. The zero-order valence-electron chi connectivity index (χ0n) is 12.0. The van der Waals surface area contributed by atoms with Gasteiger partial charge in [-0.05, 0) is 30.5 Å². The zero-order valence-corrected chi connectivity index (χ0v) is 12.8. The van der Waals surface area contributed by atoms with Crippen molar-refractivity contribution in [1.29, 1.82) is 0 Å². The lowest BCUT2D eigenvalue weighted by Crippen LogP contribution is -2.26. The monoisotopic (exact) mass is 301 g/mol. The number of nitrogens with one attached hydrogen (secondary N) is 1. The molecule has 3 heterocycles. The second kappa shape index (κ2) is 6.69. The summed E-state index contributed by atoms with van der Waals surface area (Å²) in [7, 11) is 2.04. The lowest BCUT2D eigenvalue weighted by Gasteiger charge is -2.17. The maximum absolute atomic E-state index is 4.49. The van der Waals surface area contributed by atoms with E-state index in [2.05, 4.69) is 37.5 Å². The summed E-state index contributed by atoms with van der Waals surface area (Å²) in [4.78, 5) is 5.79. The number of aromatic nitrogens is 4. The molecule has 3 rings (SSSR count). The van der Waals surface area contributed by atoms with E-state index in [4.69, 9.17) is 0 Å². The van der Waals surface area contributed by atoms with Crippen LogP contribution >= 0.6 is 11.3 Å². The average Bonchev–Trinajstić information content (AvgIpc) is 3.21. The van der Waals surface area contributed by atoms with Crippen LogP contribution < -0.4 is 5.32 Å². The third-order valence-electron chi connectivity index (χ3n) is 3.42. The van der Waals surface area contributed by atoms with E-state index >= 15 is 0 Å². The maximum Gasteiger partial charge on any atom is 0.131 e. The van der Waals surface area contributed by atoms with Crippen molar-refractivity contribution in [3.8, 4) is 0 Å². The molecule has 0 spiro atoms. The quantitative estimate of drug-likeness (QED) is 0.682. The van der Waals surface area contributed by atoms with E-state index < -0.39 is 0 Å². The van der Waals surface area contributed by atoms with E-state index in [0.717, 1.165) is 25.3 Å². The van der Waals surface area contributed by atoms with Crippen molar-refractivity contribution in [2.24, 2.45) is 7.05 Å². The van der Waals surface area contributed by atoms with Crippen LogP contribution in [0.2, 0.25) is 0 Å². The number of imidazole rings is 1. The Balaban J connectivity index is 1.62. The summed E-state index contributed by atoms with van der Waals surface area (Å²) in [5, 5.41) is 9.94. The fourth-order valence-electron chi connectivity index (χ4n) is 2.35. The van der Waals surface area contributed by atoms with E-state index in [-0.39, 0.29) is 6.04 Å². The van der Waals surface area contributed by atoms with Crippen LogP contribution in [-0.4, -0.2) is 25.9 Å². The van der Waals surface area contributed by atoms with Crippen LogP contribution in [0.1, 0.15) is 23.2 Å². The Labute approximate surface area is 128 Å². The summed E-state index contributed by atoms with van der Waals surface area (Å²) < 4.78 is 4.04. The molecule has 0 radical (unpaired) electrons. The van der Waals surface area contributed by atoms with Crippen LogP contribution in [0.5, 0.6) is 0 Å². The van der Waals surface area contributed by atoms with E-state index in [1.807, 2.05) is 42.6 Å². The fraction of sp³-hybridized carbons (Fsp3) is 0.333. The molecule has 3 aromatic heterocycles. The van der Waals surface area contributed by atoms with Crippen LogP contribution in [-0.2, 0) is 13.6 Å². The highest BCUT2D eigenvalue weighted by Gasteiger charge is 2.18. The molecule has 1 unspecified atom stereocenters. The summed E-state index contributed by atoms with van der Waals surface area (Å²) in [6.07, 6.45) is 8.68. The Morgan fingerprint density at radius 1 is 1.29 bits per heavy atom. The SMILES string of the molecule is Cn1ccnc1C(NCCCn1cccn1)c1cccs1. The van der Waals surface area contributed by atoms with Crippen molar-refractivity contribution >= 4 is 11.3 Å². The highest BCUT2D eigenvalue weighted by molar-refractivity contribution is 7.10. The number of nitrogens with zero attached hydrogens (tertiary/aromatic N) is 4. The minimum atomic E-state index is 0.155. The Bertz CT molecular complexity index is 641. The summed E-state index contributed by atoms with van der Waals surface area (Å²) >= 11 is 1.76. The molecule has 0 bridgehead atoms. The van der Waals surface area contributed by atoms with Crippen molar-refractivity contribution in [3.05, 3.63) is 59.1 Å². The molecule has 5 nitrogen and oxygen atoms in total. The lowest BCUT2D eigenvalue weighted by molar-refractivity contribution is 0.506. The van der Waals surface area contributed by atoms with Gasteiger partial charge >= 0.3 is 0 Å². The van der Waals surface area contributed by atoms with E-state index in [1.165, 1.54) is 4.88 Å². The predicted molar refractivity (Wildman–Crippen MR) is 84.2 cm³/mol. The van der Waals surface area contributed by atoms with Gasteiger partial charge in [0.05, 0.1) is 0 Å². The molecule has 0 saturated heterocycles. The van der Waals surface area contributed by atoms with Crippen LogP contribution in [0, 0.1) is 0 Å². The van der Waals surface area contributed by atoms with Gasteiger partial charge in [-0.25, -0.2) is 4.98 Å². The topological polar surface area (TPSA) is 47.7 Å². The first kappa shape index (κ1) is 14.0. The van der Waals surface area contributed by atoms with Crippen molar-refractivity contribution < 1.29 is 0 Å². The molecule has 21 heavy (non-hydrogen) atoms. The van der Waals surface area contributed by atoms with Gasteiger partial charge in [0.15, 0.2) is 0 Å². The molecule has 0 amide bonds. The van der Waals surface area contributed by atoms with Crippen LogP contribution in [0.4, 0.5) is 0 Å². The minimum absolute atomic E-state index is 0.155. The van der Waals surface area contributed by atoms with Crippen LogP contribution in [0.25, 0.3) is 0 Å². The molecule has 0 aliphatic rings. The van der Waals surface area contributed by atoms with Gasteiger partial charge in [-0.3, -0.25) is 4.68 Å². The smallest absolute Gasteiger partial charge is 0.131 e. The van der Waals surface area contributed by atoms with Gasteiger partial charge in [0, 0.05) is 43.3 Å². The lowest BCUT2D eigenvalue weighted by atomic mass is 10.2. The molecule has 0 saturated carbocycles. The second-order valence-electron chi connectivity index (χ2n) is 4.92.